The number of carbonyl (C=O) groups is 1. The van der Waals surface area contributed by atoms with E-state index < -0.39 is 15.6 Å². The zero-order valence-corrected chi connectivity index (χ0v) is 14.1. The van der Waals surface area contributed by atoms with Gasteiger partial charge in [0.05, 0.1) is 11.4 Å². The van der Waals surface area contributed by atoms with Crippen molar-refractivity contribution < 1.29 is 17.9 Å². The first-order chi connectivity index (χ1) is 9.55. The topological polar surface area (TPSA) is 98.5 Å². The lowest BCUT2D eigenvalue weighted by atomic mass is 10.2. The molecule has 8 heteroatoms. The van der Waals surface area contributed by atoms with Crippen molar-refractivity contribution in [3.63, 3.8) is 0 Å². The number of thioether (sulfide) groups is 1. The number of nitrogens with one attached hydrogen (secondary N) is 1. The molecule has 0 radical (unpaired) electrons. The predicted octanol–water partition coefficient (Wildman–Crippen LogP) is 1.61. The SMILES string of the molecule is CNS(=O)(=O)c1ccc(SCC(=O)OC(C)(C)C)cc1N. The van der Waals surface area contributed by atoms with Crippen LogP contribution in [-0.2, 0) is 19.6 Å². The Balaban J connectivity index is 2.76. The van der Waals surface area contributed by atoms with Crippen molar-refractivity contribution in [2.45, 2.75) is 36.2 Å². The van der Waals surface area contributed by atoms with Crippen LogP contribution in [0.2, 0.25) is 0 Å². The van der Waals surface area contributed by atoms with E-state index in [-0.39, 0.29) is 22.3 Å². The van der Waals surface area contributed by atoms with Gasteiger partial charge in [-0.1, -0.05) is 0 Å². The molecule has 118 valence electrons. The van der Waals surface area contributed by atoms with Crippen molar-refractivity contribution in [1.82, 2.24) is 4.72 Å². The molecule has 0 saturated heterocycles. The minimum Gasteiger partial charge on any atom is -0.459 e. The molecular formula is C13H20N2O4S2. The van der Waals surface area contributed by atoms with Gasteiger partial charge >= 0.3 is 5.97 Å². The molecule has 1 aromatic carbocycles. The Labute approximate surface area is 129 Å². The van der Waals surface area contributed by atoms with E-state index in [1.807, 2.05) is 0 Å². The van der Waals surface area contributed by atoms with Crippen LogP contribution in [0.15, 0.2) is 28.0 Å². The molecule has 0 aliphatic heterocycles. The van der Waals surface area contributed by atoms with Crippen molar-refractivity contribution in [2.75, 3.05) is 18.5 Å². The number of nitrogens with two attached hydrogens (primary N) is 1. The molecule has 0 heterocycles. The third-order valence-corrected chi connectivity index (χ3v) is 4.77. The van der Waals surface area contributed by atoms with Crippen LogP contribution in [0.4, 0.5) is 5.69 Å². The summed E-state index contributed by atoms with van der Waals surface area (Å²) in [6.45, 7) is 5.39. The molecule has 3 N–H and O–H groups in total. The molecule has 6 nitrogen and oxygen atoms in total. The summed E-state index contributed by atoms with van der Waals surface area (Å²) in [5, 5.41) is 0. The Bertz CT molecular complexity index is 622. The Morgan fingerprint density at radius 2 is 2.00 bits per heavy atom. The van der Waals surface area contributed by atoms with Crippen molar-refractivity contribution in [3.8, 4) is 0 Å². The van der Waals surface area contributed by atoms with Crippen LogP contribution in [-0.4, -0.2) is 32.8 Å². The summed E-state index contributed by atoms with van der Waals surface area (Å²) in [7, 11) is -2.26. The van der Waals surface area contributed by atoms with Gasteiger partial charge < -0.3 is 10.5 Å². The molecule has 0 aromatic heterocycles. The van der Waals surface area contributed by atoms with Gasteiger partial charge in [-0.15, -0.1) is 11.8 Å². The van der Waals surface area contributed by atoms with E-state index in [1.165, 1.54) is 30.9 Å². The van der Waals surface area contributed by atoms with Gasteiger partial charge in [-0.3, -0.25) is 4.79 Å². The number of sulfonamides is 1. The van der Waals surface area contributed by atoms with Gasteiger partial charge in [0.15, 0.2) is 0 Å². The van der Waals surface area contributed by atoms with Gasteiger partial charge in [0, 0.05) is 4.90 Å². The van der Waals surface area contributed by atoms with Crippen LogP contribution in [0.5, 0.6) is 0 Å². The van der Waals surface area contributed by atoms with Crippen LogP contribution in [0.1, 0.15) is 20.8 Å². The predicted molar refractivity (Wildman–Crippen MR) is 83.7 cm³/mol. The number of benzene rings is 1. The molecule has 0 bridgehead atoms. The first kappa shape index (κ1) is 17.8. The van der Waals surface area contributed by atoms with Crippen LogP contribution in [0, 0.1) is 0 Å². The number of hydrogen-bond acceptors (Lipinski definition) is 6. The fourth-order valence-electron chi connectivity index (χ4n) is 1.48. The maximum Gasteiger partial charge on any atom is 0.316 e. The quantitative estimate of drug-likeness (QED) is 0.483. The molecule has 1 rings (SSSR count). The number of hydrogen-bond donors (Lipinski definition) is 2. The van der Waals surface area contributed by atoms with E-state index in [1.54, 1.807) is 26.8 Å². The smallest absolute Gasteiger partial charge is 0.316 e. The van der Waals surface area contributed by atoms with Gasteiger partial charge in [0.25, 0.3) is 0 Å². The van der Waals surface area contributed by atoms with Crippen molar-refractivity contribution in [1.29, 1.82) is 0 Å². The van der Waals surface area contributed by atoms with Crippen molar-refractivity contribution in [2.24, 2.45) is 0 Å². The second-order valence-electron chi connectivity index (χ2n) is 5.28. The largest absolute Gasteiger partial charge is 0.459 e. The lowest BCUT2D eigenvalue weighted by Crippen LogP contribution is -2.24. The molecule has 0 unspecified atom stereocenters. The van der Waals surface area contributed by atoms with Crippen LogP contribution in [0.25, 0.3) is 0 Å². The maximum absolute atomic E-state index is 11.7. The fourth-order valence-corrected chi connectivity index (χ4v) is 3.04. The second kappa shape index (κ2) is 6.67. The average molecular weight is 332 g/mol. The maximum atomic E-state index is 11.7. The summed E-state index contributed by atoms with van der Waals surface area (Å²) in [6.07, 6.45) is 0. The highest BCUT2D eigenvalue weighted by molar-refractivity contribution is 8.00. The summed E-state index contributed by atoms with van der Waals surface area (Å²) in [6, 6.07) is 4.55. The summed E-state index contributed by atoms with van der Waals surface area (Å²) in [4.78, 5) is 12.3. The molecule has 0 aliphatic carbocycles. The lowest BCUT2D eigenvalue weighted by Gasteiger charge is -2.19. The number of ether oxygens (including phenoxy) is 1. The fraction of sp³-hybridized carbons (Fsp3) is 0.462. The monoisotopic (exact) mass is 332 g/mol. The number of nitrogen functional groups attached to an aromatic ring is 1. The summed E-state index contributed by atoms with van der Waals surface area (Å²) in [5.41, 5.74) is 5.35. The Kier molecular flexibility index (Phi) is 5.66. The van der Waals surface area contributed by atoms with E-state index in [2.05, 4.69) is 4.72 Å². The number of anilines is 1. The summed E-state index contributed by atoms with van der Waals surface area (Å²) in [5.74, 6) is -0.201. The molecular weight excluding hydrogens is 312 g/mol. The van der Waals surface area contributed by atoms with Crippen LogP contribution in [0.3, 0.4) is 0 Å². The highest BCUT2D eigenvalue weighted by Gasteiger charge is 2.18. The second-order valence-corrected chi connectivity index (χ2v) is 8.19. The summed E-state index contributed by atoms with van der Waals surface area (Å²) >= 11 is 1.24. The standard InChI is InChI=1S/C13H20N2O4S2/c1-13(2,3)19-12(16)8-20-9-5-6-11(10(14)7-9)21(17,18)15-4/h5-7,15H,8,14H2,1-4H3. The first-order valence-corrected chi connectivity index (χ1v) is 8.70. The van der Waals surface area contributed by atoms with Gasteiger partial charge in [-0.05, 0) is 46.0 Å². The first-order valence-electron chi connectivity index (χ1n) is 6.23. The molecule has 0 amide bonds. The highest BCUT2D eigenvalue weighted by Crippen LogP contribution is 2.26. The Morgan fingerprint density at radius 3 is 2.48 bits per heavy atom. The van der Waals surface area contributed by atoms with E-state index in [4.69, 9.17) is 10.5 Å². The van der Waals surface area contributed by atoms with Crippen LogP contribution < -0.4 is 10.5 Å². The number of rotatable bonds is 5. The Hall–Kier alpha value is -1.25. The molecule has 0 spiro atoms. The van der Waals surface area contributed by atoms with Gasteiger partial charge in [-0.2, -0.15) is 0 Å². The normalized spacial score (nSPS) is 12.2. The van der Waals surface area contributed by atoms with E-state index in [9.17, 15) is 13.2 Å². The molecule has 0 fully saturated rings. The molecule has 0 saturated carbocycles. The zero-order valence-electron chi connectivity index (χ0n) is 12.5. The minimum absolute atomic E-state index is 0.0200. The third kappa shape index (κ3) is 5.56. The lowest BCUT2D eigenvalue weighted by molar-refractivity contribution is -0.151. The van der Waals surface area contributed by atoms with E-state index in [0.29, 0.717) is 4.90 Å². The van der Waals surface area contributed by atoms with Gasteiger partial charge in [-0.25, -0.2) is 13.1 Å². The number of esters is 1. The van der Waals surface area contributed by atoms with Crippen molar-refractivity contribution in [3.05, 3.63) is 18.2 Å². The zero-order chi connectivity index (χ0) is 16.3. The molecule has 0 aliphatic rings. The minimum atomic E-state index is -3.58. The highest BCUT2D eigenvalue weighted by atomic mass is 32.2. The third-order valence-electron chi connectivity index (χ3n) is 2.32. The van der Waals surface area contributed by atoms with Gasteiger partial charge in [0.1, 0.15) is 10.5 Å². The van der Waals surface area contributed by atoms with Crippen LogP contribution >= 0.6 is 11.8 Å². The Morgan fingerprint density at radius 1 is 1.38 bits per heavy atom. The average Bonchev–Trinajstić information content (AvgIpc) is 2.34. The molecule has 0 atom stereocenters. The molecule has 21 heavy (non-hydrogen) atoms. The van der Waals surface area contributed by atoms with E-state index >= 15 is 0 Å². The summed E-state index contributed by atoms with van der Waals surface area (Å²) < 4.78 is 30.8. The van der Waals surface area contributed by atoms with E-state index in [0.717, 1.165) is 0 Å². The van der Waals surface area contributed by atoms with Crippen molar-refractivity contribution >= 4 is 33.4 Å². The van der Waals surface area contributed by atoms with Gasteiger partial charge in [0.2, 0.25) is 10.0 Å². The number of carbonyl (C=O) groups excluding carboxylic acids is 1. The molecule has 1 aromatic rings.